The highest BCUT2D eigenvalue weighted by molar-refractivity contribution is 5.83. The number of hydrogen-bond acceptors (Lipinski definition) is 6. The van der Waals surface area contributed by atoms with Crippen molar-refractivity contribution in [3.05, 3.63) is 0 Å². The average Bonchev–Trinajstić information content (AvgIpc) is 2.89. The molecule has 0 aromatic heterocycles. The molecule has 0 aliphatic heterocycles. The van der Waals surface area contributed by atoms with E-state index in [-0.39, 0.29) is 12.1 Å². The Balaban J connectivity index is 2.29. The van der Waals surface area contributed by atoms with Crippen molar-refractivity contribution in [3.8, 4) is 0 Å². The summed E-state index contributed by atoms with van der Waals surface area (Å²) >= 11 is 0. The Morgan fingerprint density at radius 2 is 0.763 bits per heavy atom. The van der Waals surface area contributed by atoms with Gasteiger partial charge in [-0.1, -0.05) is 116 Å². The molecule has 2 rings (SSSR count). The van der Waals surface area contributed by atoms with E-state index in [0.29, 0.717) is 0 Å². The Kier molecular flexibility index (Phi) is 16.5. The molecule has 0 heterocycles. The third-order valence-corrected chi connectivity index (χ3v) is 8.73. The molecule has 222 valence electrons. The van der Waals surface area contributed by atoms with Crippen molar-refractivity contribution in [1.29, 1.82) is 0 Å². The fraction of sp³-hybridized carbons (Fsp3) is 0.933. The van der Waals surface area contributed by atoms with E-state index in [0.717, 1.165) is 77.0 Å². The fourth-order valence-electron chi connectivity index (χ4n) is 6.34. The minimum Gasteiger partial charge on any atom is -0.387 e. The summed E-state index contributed by atoms with van der Waals surface area (Å²) in [5.41, 5.74) is 5.07. The van der Waals surface area contributed by atoms with Crippen molar-refractivity contribution in [2.24, 2.45) is 5.73 Å². The number of carbonyl (C=O) groups is 2. The molecule has 0 aromatic carbocycles. The van der Waals surface area contributed by atoms with Crippen LogP contribution in [0.1, 0.15) is 141 Å². The number of nitrogens with two attached hydrogens (primary N) is 1. The molecule has 6 N–H and O–H groups in total. The van der Waals surface area contributed by atoms with Crippen LogP contribution in [0.15, 0.2) is 0 Å². The smallest absolute Gasteiger partial charge is 0.254 e. The number of rotatable bonds is 7. The number of aliphatic hydroxyl groups excluding tert-OH is 4. The second-order valence-corrected chi connectivity index (χ2v) is 11.8. The molecule has 2 aliphatic rings. The predicted molar refractivity (Wildman–Crippen MR) is 149 cm³/mol. The van der Waals surface area contributed by atoms with E-state index in [2.05, 4.69) is 0 Å². The van der Waals surface area contributed by atoms with Gasteiger partial charge in [-0.05, 0) is 25.7 Å². The van der Waals surface area contributed by atoms with Gasteiger partial charge in [-0.2, -0.15) is 0 Å². The Morgan fingerprint density at radius 3 is 1.05 bits per heavy atom. The van der Waals surface area contributed by atoms with Crippen LogP contribution in [-0.2, 0) is 9.59 Å². The molecule has 0 bridgehead atoms. The van der Waals surface area contributed by atoms with Gasteiger partial charge < -0.3 is 31.1 Å². The van der Waals surface area contributed by atoms with Crippen molar-refractivity contribution in [3.63, 3.8) is 0 Å². The van der Waals surface area contributed by atoms with Crippen LogP contribution in [0.2, 0.25) is 0 Å². The van der Waals surface area contributed by atoms with Gasteiger partial charge in [0.15, 0.2) is 12.2 Å². The lowest BCUT2D eigenvalue weighted by molar-refractivity contribution is -0.165. The SMILES string of the molecule is NC(=O)[C@@H](O)[C@H](O)[C@H](O)[C@@H](O)C(=O)N(C1CCCCCCCCCCC1)C1CCCCCCCCCCC1. The van der Waals surface area contributed by atoms with E-state index < -0.39 is 36.2 Å². The van der Waals surface area contributed by atoms with E-state index in [1.54, 1.807) is 0 Å². The van der Waals surface area contributed by atoms with Crippen LogP contribution in [0.4, 0.5) is 0 Å². The maximum atomic E-state index is 13.9. The minimum absolute atomic E-state index is 0.0418. The number of carbonyl (C=O) groups excluding carboxylic acids is 2. The van der Waals surface area contributed by atoms with E-state index >= 15 is 0 Å². The third kappa shape index (κ3) is 11.5. The van der Waals surface area contributed by atoms with E-state index in [9.17, 15) is 30.0 Å². The molecule has 0 spiro atoms. The van der Waals surface area contributed by atoms with Crippen molar-refractivity contribution in [2.75, 3.05) is 0 Å². The highest BCUT2D eigenvalue weighted by Crippen LogP contribution is 2.29. The largest absolute Gasteiger partial charge is 0.387 e. The predicted octanol–water partition coefficient (Wildman–Crippen LogP) is 4.09. The summed E-state index contributed by atoms with van der Waals surface area (Å²) in [6.45, 7) is 0. The number of aliphatic hydroxyl groups is 4. The first-order valence-corrected chi connectivity index (χ1v) is 15.7. The average molecular weight is 541 g/mol. The van der Waals surface area contributed by atoms with Gasteiger partial charge in [-0.15, -0.1) is 0 Å². The molecule has 8 heteroatoms. The molecule has 2 fully saturated rings. The van der Waals surface area contributed by atoms with Gasteiger partial charge in [0.05, 0.1) is 0 Å². The molecule has 4 atom stereocenters. The van der Waals surface area contributed by atoms with Crippen LogP contribution in [-0.4, -0.2) is 73.6 Å². The van der Waals surface area contributed by atoms with E-state index in [1.807, 2.05) is 4.90 Å². The molecule has 38 heavy (non-hydrogen) atoms. The maximum Gasteiger partial charge on any atom is 0.254 e. The normalized spacial score (nSPS) is 24.3. The highest BCUT2D eigenvalue weighted by Gasteiger charge is 2.41. The number of amides is 2. The minimum atomic E-state index is -2.07. The summed E-state index contributed by atoms with van der Waals surface area (Å²) in [6, 6.07) is -0.0835. The number of primary amides is 1. The summed E-state index contributed by atoms with van der Waals surface area (Å²) < 4.78 is 0. The first-order valence-electron chi connectivity index (χ1n) is 15.7. The molecule has 8 nitrogen and oxygen atoms in total. The van der Waals surface area contributed by atoms with Crippen LogP contribution in [0.3, 0.4) is 0 Å². The summed E-state index contributed by atoms with van der Waals surface area (Å²) in [5, 5.41) is 41.7. The van der Waals surface area contributed by atoms with Gasteiger partial charge in [0.1, 0.15) is 12.2 Å². The van der Waals surface area contributed by atoms with E-state index in [4.69, 9.17) is 5.73 Å². The maximum absolute atomic E-state index is 13.9. The van der Waals surface area contributed by atoms with Crippen LogP contribution in [0, 0.1) is 0 Å². The molecule has 2 aliphatic carbocycles. The van der Waals surface area contributed by atoms with E-state index in [1.165, 1.54) is 64.2 Å². The lowest BCUT2D eigenvalue weighted by Gasteiger charge is -2.41. The molecule has 2 saturated carbocycles. The fourth-order valence-corrected chi connectivity index (χ4v) is 6.34. The summed E-state index contributed by atoms with van der Waals surface area (Å²) in [4.78, 5) is 27.2. The van der Waals surface area contributed by atoms with Gasteiger partial charge >= 0.3 is 0 Å². The monoisotopic (exact) mass is 540 g/mol. The van der Waals surface area contributed by atoms with Gasteiger partial charge in [-0.3, -0.25) is 9.59 Å². The molecule has 0 unspecified atom stereocenters. The van der Waals surface area contributed by atoms with Gasteiger partial charge in [0.25, 0.3) is 5.91 Å². The summed E-state index contributed by atoms with van der Waals surface area (Å²) in [5.74, 6) is -1.82. The summed E-state index contributed by atoms with van der Waals surface area (Å²) in [6.07, 6.45) is 16.3. The highest BCUT2D eigenvalue weighted by atomic mass is 16.4. The second-order valence-electron chi connectivity index (χ2n) is 11.8. The molecule has 0 radical (unpaired) electrons. The Labute approximate surface area is 230 Å². The van der Waals surface area contributed by atoms with Crippen LogP contribution >= 0.6 is 0 Å². The van der Waals surface area contributed by atoms with Gasteiger partial charge in [0.2, 0.25) is 5.91 Å². The standard InChI is InChI=1S/C30H56N2O6/c31-29(37)27(35)25(33)26(34)28(36)30(38)32(23-19-15-11-7-3-1-4-8-12-16-20-23)24-21-17-13-9-5-2-6-10-14-18-22-24/h23-28,33-36H,1-22H2,(H2,31,37)/t25-,26+,27+,28-/m1/s1. The van der Waals surface area contributed by atoms with Gasteiger partial charge in [0, 0.05) is 12.1 Å². The number of nitrogens with zero attached hydrogens (tertiary/aromatic N) is 1. The second kappa shape index (κ2) is 19.0. The van der Waals surface area contributed by atoms with Crippen molar-refractivity contribution in [1.82, 2.24) is 4.90 Å². The third-order valence-electron chi connectivity index (χ3n) is 8.73. The van der Waals surface area contributed by atoms with Crippen molar-refractivity contribution >= 4 is 11.8 Å². The van der Waals surface area contributed by atoms with Crippen molar-refractivity contribution < 1.29 is 30.0 Å². The quantitative estimate of drug-likeness (QED) is 0.329. The number of hydrogen-bond donors (Lipinski definition) is 5. The topological polar surface area (TPSA) is 144 Å². The van der Waals surface area contributed by atoms with Crippen LogP contribution < -0.4 is 5.73 Å². The van der Waals surface area contributed by atoms with Crippen LogP contribution in [0.5, 0.6) is 0 Å². The molecule has 0 aromatic rings. The lowest BCUT2D eigenvalue weighted by Crippen LogP contribution is -2.58. The summed E-state index contributed by atoms with van der Waals surface area (Å²) in [7, 11) is 0. The van der Waals surface area contributed by atoms with Crippen molar-refractivity contribution in [2.45, 2.75) is 178 Å². The lowest BCUT2D eigenvalue weighted by atomic mass is 9.91. The molecule has 2 amide bonds. The zero-order chi connectivity index (χ0) is 27.8. The Hall–Kier alpha value is -1.22. The zero-order valence-electron chi connectivity index (χ0n) is 23.7. The first kappa shape index (κ1) is 33.0. The van der Waals surface area contributed by atoms with Crippen LogP contribution in [0.25, 0.3) is 0 Å². The Morgan fingerprint density at radius 1 is 0.500 bits per heavy atom. The first-order chi connectivity index (χ1) is 18.3. The Bertz CT molecular complexity index is 609. The molecule has 0 saturated heterocycles. The molecular formula is C30H56N2O6. The molecular weight excluding hydrogens is 484 g/mol. The van der Waals surface area contributed by atoms with Gasteiger partial charge in [-0.25, -0.2) is 0 Å². The zero-order valence-corrected chi connectivity index (χ0v) is 23.7.